The first-order valence-corrected chi connectivity index (χ1v) is 9.57. The molecule has 1 N–H and O–H groups in total. The van der Waals surface area contributed by atoms with E-state index in [0.29, 0.717) is 6.61 Å². The molecule has 0 bridgehead atoms. The number of para-hydroxylation sites is 1. The van der Waals surface area contributed by atoms with Crippen LogP contribution in [0.1, 0.15) is 23.6 Å². The molecule has 1 aliphatic heterocycles. The quantitative estimate of drug-likeness (QED) is 0.659. The molecule has 4 rings (SSSR count). The Morgan fingerprint density at radius 1 is 0.964 bits per heavy atom. The van der Waals surface area contributed by atoms with Gasteiger partial charge in [0.1, 0.15) is 18.2 Å². The van der Waals surface area contributed by atoms with E-state index in [-0.39, 0.29) is 12.6 Å². The van der Waals surface area contributed by atoms with Crippen molar-refractivity contribution in [1.82, 2.24) is 0 Å². The summed E-state index contributed by atoms with van der Waals surface area (Å²) in [6.45, 7) is 2.40. The van der Waals surface area contributed by atoms with Gasteiger partial charge in [0.25, 0.3) is 0 Å². The van der Waals surface area contributed by atoms with Gasteiger partial charge < -0.3 is 14.7 Å². The summed E-state index contributed by atoms with van der Waals surface area (Å²) in [5.41, 5.74) is 4.55. The number of aliphatic imine (C=N–C) groups is 1. The summed E-state index contributed by atoms with van der Waals surface area (Å²) >= 11 is 0. The van der Waals surface area contributed by atoms with Crippen LogP contribution in [-0.2, 0) is 0 Å². The molecule has 1 saturated heterocycles. The smallest absolute Gasteiger partial charge is 0.119 e. The van der Waals surface area contributed by atoms with Gasteiger partial charge in [-0.2, -0.15) is 0 Å². The zero-order valence-corrected chi connectivity index (χ0v) is 16.0. The monoisotopic (exact) mass is 372 g/mol. The number of rotatable bonds is 6. The number of aryl methyl sites for hydroxylation is 1. The number of hydrogen-bond donors (Lipinski definition) is 1. The average Bonchev–Trinajstić information content (AvgIpc) is 2.72. The molecule has 0 amide bonds. The van der Waals surface area contributed by atoms with Gasteiger partial charge in [-0.15, -0.1) is 0 Å². The maximum atomic E-state index is 8.93. The Morgan fingerprint density at radius 2 is 1.68 bits per heavy atom. The number of ether oxygens (including phenoxy) is 1. The third-order valence-electron chi connectivity index (χ3n) is 4.99. The predicted molar refractivity (Wildman–Crippen MR) is 114 cm³/mol. The SMILES string of the molecule is Cc1ccccc1N=C1CC(c2ccccc2)N1c1ccc(OCCO)cc1. The summed E-state index contributed by atoms with van der Waals surface area (Å²) in [5.74, 6) is 1.82. The highest BCUT2D eigenvalue weighted by molar-refractivity contribution is 6.06. The second kappa shape index (κ2) is 8.28. The van der Waals surface area contributed by atoms with Crippen molar-refractivity contribution in [3.05, 3.63) is 90.0 Å². The van der Waals surface area contributed by atoms with Crippen molar-refractivity contribution in [2.45, 2.75) is 19.4 Å². The largest absolute Gasteiger partial charge is 0.491 e. The van der Waals surface area contributed by atoms with Crippen molar-refractivity contribution in [3.63, 3.8) is 0 Å². The summed E-state index contributed by atoms with van der Waals surface area (Å²) in [6, 6.07) is 27.0. The number of benzene rings is 3. The Morgan fingerprint density at radius 3 is 2.39 bits per heavy atom. The molecule has 1 atom stereocenters. The van der Waals surface area contributed by atoms with E-state index in [4.69, 9.17) is 14.8 Å². The Kier molecular flexibility index (Phi) is 5.40. The number of nitrogens with zero attached hydrogens (tertiary/aromatic N) is 2. The molecule has 0 saturated carbocycles. The topological polar surface area (TPSA) is 45.1 Å². The fraction of sp³-hybridized carbons (Fsp3) is 0.208. The third-order valence-corrected chi connectivity index (χ3v) is 4.99. The summed E-state index contributed by atoms with van der Waals surface area (Å²) < 4.78 is 5.49. The van der Waals surface area contributed by atoms with Crippen molar-refractivity contribution in [2.75, 3.05) is 18.1 Å². The Labute approximate surface area is 165 Å². The fourth-order valence-corrected chi connectivity index (χ4v) is 3.49. The van der Waals surface area contributed by atoms with Crippen molar-refractivity contribution in [1.29, 1.82) is 0 Å². The maximum Gasteiger partial charge on any atom is 0.119 e. The number of hydrogen-bond acceptors (Lipinski definition) is 3. The average molecular weight is 372 g/mol. The molecule has 3 aromatic carbocycles. The second-order valence-electron chi connectivity index (χ2n) is 6.88. The van der Waals surface area contributed by atoms with Gasteiger partial charge in [-0.1, -0.05) is 48.5 Å². The molecule has 4 heteroatoms. The van der Waals surface area contributed by atoms with Crippen molar-refractivity contribution >= 4 is 17.2 Å². The van der Waals surface area contributed by atoms with Gasteiger partial charge in [0.05, 0.1) is 18.3 Å². The van der Waals surface area contributed by atoms with Gasteiger partial charge in [0.15, 0.2) is 0 Å². The Balaban J connectivity index is 1.66. The first-order chi connectivity index (χ1) is 13.8. The zero-order chi connectivity index (χ0) is 19.3. The fourth-order valence-electron chi connectivity index (χ4n) is 3.49. The molecule has 0 aliphatic carbocycles. The van der Waals surface area contributed by atoms with Gasteiger partial charge >= 0.3 is 0 Å². The van der Waals surface area contributed by atoms with Crippen molar-refractivity contribution in [3.8, 4) is 5.75 Å². The molecular weight excluding hydrogens is 348 g/mol. The molecule has 0 aromatic heterocycles. The van der Waals surface area contributed by atoms with Crippen LogP contribution in [0, 0.1) is 6.92 Å². The van der Waals surface area contributed by atoms with Crippen LogP contribution in [0.3, 0.4) is 0 Å². The molecular formula is C24H24N2O2. The molecule has 28 heavy (non-hydrogen) atoms. The molecule has 0 radical (unpaired) electrons. The van der Waals surface area contributed by atoms with Crippen LogP contribution < -0.4 is 9.64 Å². The predicted octanol–water partition coefficient (Wildman–Crippen LogP) is 5.05. The van der Waals surface area contributed by atoms with Crippen molar-refractivity contribution < 1.29 is 9.84 Å². The standard InChI is InChI=1S/C24H24N2O2/c1-18-7-5-6-10-22(18)25-24-17-23(19-8-3-2-4-9-19)26(24)20-11-13-21(14-12-20)28-16-15-27/h2-14,23,27H,15-17H2,1H3. The molecule has 142 valence electrons. The van der Waals surface area contributed by atoms with E-state index >= 15 is 0 Å². The van der Waals surface area contributed by atoms with Crippen LogP contribution in [-0.4, -0.2) is 24.2 Å². The first kappa shape index (κ1) is 18.3. The minimum atomic E-state index is 0.0111. The van der Waals surface area contributed by atoms with Gasteiger partial charge in [0, 0.05) is 12.1 Å². The second-order valence-corrected chi connectivity index (χ2v) is 6.88. The van der Waals surface area contributed by atoms with E-state index in [1.807, 2.05) is 30.3 Å². The number of anilines is 1. The van der Waals surface area contributed by atoms with Gasteiger partial charge in [-0.3, -0.25) is 0 Å². The molecule has 4 nitrogen and oxygen atoms in total. The highest BCUT2D eigenvalue weighted by Crippen LogP contribution is 2.41. The normalized spacial score (nSPS) is 17.4. The molecule has 1 unspecified atom stereocenters. The van der Waals surface area contributed by atoms with Gasteiger partial charge in [-0.25, -0.2) is 4.99 Å². The number of amidine groups is 1. The van der Waals surface area contributed by atoms with E-state index in [1.165, 1.54) is 11.1 Å². The summed E-state index contributed by atoms with van der Waals surface area (Å²) in [4.78, 5) is 7.24. The maximum absolute atomic E-state index is 8.93. The van der Waals surface area contributed by atoms with E-state index < -0.39 is 0 Å². The highest BCUT2D eigenvalue weighted by atomic mass is 16.5. The van der Waals surface area contributed by atoms with Crippen LogP contribution in [0.2, 0.25) is 0 Å². The van der Waals surface area contributed by atoms with E-state index in [2.05, 4.69) is 60.4 Å². The van der Waals surface area contributed by atoms with E-state index in [0.717, 1.165) is 29.4 Å². The van der Waals surface area contributed by atoms with Crippen LogP contribution in [0.5, 0.6) is 5.75 Å². The molecule has 0 spiro atoms. The molecule has 3 aromatic rings. The molecule has 1 fully saturated rings. The lowest BCUT2D eigenvalue weighted by atomic mass is 9.92. The van der Waals surface area contributed by atoms with E-state index in [1.54, 1.807) is 0 Å². The van der Waals surface area contributed by atoms with Crippen LogP contribution in [0.15, 0.2) is 83.9 Å². The minimum Gasteiger partial charge on any atom is -0.491 e. The summed E-state index contributed by atoms with van der Waals surface area (Å²) in [7, 11) is 0. The molecule has 1 heterocycles. The lowest BCUT2D eigenvalue weighted by Crippen LogP contribution is -2.46. The highest BCUT2D eigenvalue weighted by Gasteiger charge is 2.36. The third kappa shape index (κ3) is 3.78. The minimum absolute atomic E-state index is 0.0111. The Hall–Kier alpha value is -3.11. The van der Waals surface area contributed by atoms with Crippen molar-refractivity contribution in [2.24, 2.45) is 4.99 Å². The van der Waals surface area contributed by atoms with E-state index in [9.17, 15) is 0 Å². The first-order valence-electron chi connectivity index (χ1n) is 9.57. The lowest BCUT2D eigenvalue weighted by molar-refractivity contribution is 0.201. The van der Waals surface area contributed by atoms with Crippen LogP contribution in [0.25, 0.3) is 0 Å². The zero-order valence-electron chi connectivity index (χ0n) is 16.0. The number of aliphatic hydroxyl groups is 1. The lowest BCUT2D eigenvalue weighted by Gasteiger charge is -2.44. The molecule has 1 aliphatic rings. The van der Waals surface area contributed by atoms with Gasteiger partial charge in [0.2, 0.25) is 0 Å². The summed E-state index contributed by atoms with van der Waals surface area (Å²) in [5, 5.41) is 8.93. The Bertz CT molecular complexity index is 952. The van der Waals surface area contributed by atoms with Crippen LogP contribution >= 0.6 is 0 Å². The van der Waals surface area contributed by atoms with Gasteiger partial charge in [-0.05, 0) is 48.4 Å². The summed E-state index contributed by atoms with van der Waals surface area (Å²) in [6.07, 6.45) is 0.904. The van der Waals surface area contributed by atoms with Crippen LogP contribution in [0.4, 0.5) is 11.4 Å². The number of aliphatic hydroxyl groups excluding tert-OH is 1.